The summed E-state index contributed by atoms with van der Waals surface area (Å²) in [6.45, 7) is 1.04. The third-order valence-electron chi connectivity index (χ3n) is 6.25. The molecule has 1 unspecified atom stereocenters. The summed E-state index contributed by atoms with van der Waals surface area (Å²) in [5, 5.41) is 12.4. The number of aromatic nitrogens is 3. The van der Waals surface area contributed by atoms with Crippen molar-refractivity contribution in [3.63, 3.8) is 0 Å². The highest BCUT2D eigenvalue weighted by Crippen LogP contribution is 2.43. The first-order chi connectivity index (χ1) is 14.8. The van der Waals surface area contributed by atoms with E-state index in [1.165, 1.54) is 30.7 Å². The van der Waals surface area contributed by atoms with Gasteiger partial charge in [0.05, 0.1) is 29.5 Å². The number of nitrogens with one attached hydrogen (secondary N) is 1. The molecule has 2 aromatic heterocycles. The SMILES string of the molecule is Fc1ccc(-n2ncc3cc(N4CC[C@H](Nc5nccs5)C4C4CC4)ccc32)cc1. The molecule has 7 heteroatoms. The van der Waals surface area contributed by atoms with Crippen LogP contribution in [0, 0.1) is 11.7 Å². The Bertz CT molecular complexity index is 1170. The van der Waals surface area contributed by atoms with Gasteiger partial charge in [0, 0.05) is 29.2 Å². The molecule has 0 bridgehead atoms. The third-order valence-corrected chi connectivity index (χ3v) is 6.96. The van der Waals surface area contributed by atoms with Crippen LogP contribution in [0.25, 0.3) is 16.6 Å². The van der Waals surface area contributed by atoms with Crippen molar-refractivity contribution in [3.05, 3.63) is 66.1 Å². The van der Waals surface area contributed by atoms with Crippen LogP contribution in [0.3, 0.4) is 0 Å². The summed E-state index contributed by atoms with van der Waals surface area (Å²) in [6.07, 6.45) is 7.49. The minimum atomic E-state index is -0.237. The second kappa shape index (κ2) is 7.09. The molecule has 0 amide bonds. The zero-order chi connectivity index (χ0) is 20.1. The lowest BCUT2D eigenvalue weighted by Crippen LogP contribution is -2.40. The topological polar surface area (TPSA) is 46.0 Å². The summed E-state index contributed by atoms with van der Waals surface area (Å²) >= 11 is 1.67. The Morgan fingerprint density at radius 1 is 1.03 bits per heavy atom. The molecule has 1 aliphatic carbocycles. The number of fused-ring (bicyclic) bond motifs is 1. The van der Waals surface area contributed by atoms with E-state index in [0.717, 1.165) is 40.6 Å². The molecular weight excluding hydrogens is 397 g/mol. The average Bonchev–Trinajstić information content (AvgIpc) is 3.16. The Morgan fingerprint density at radius 2 is 1.87 bits per heavy atom. The molecule has 0 spiro atoms. The van der Waals surface area contributed by atoms with Crippen LogP contribution in [0.1, 0.15) is 19.3 Å². The van der Waals surface area contributed by atoms with Crippen LogP contribution < -0.4 is 10.2 Å². The monoisotopic (exact) mass is 419 g/mol. The number of nitrogens with zero attached hydrogens (tertiary/aromatic N) is 4. The van der Waals surface area contributed by atoms with Crippen molar-refractivity contribution in [3.8, 4) is 5.69 Å². The number of anilines is 2. The molecule has 4 aromatic rings. The van der Waals surface area contributed by atoms with E-state index in [1.54, 1.807) is 23.5 Å². The fraction of sp³-hybridized carbons (Fsp3) is 0.304. The van der Waals surface area contributed by atoms with Crippen LogP contribution in [0.2, 0.25) is 0 Å². The Balaban J connectivity index is 1.30. The fourth-order valence-corrected chi connectivity index (χ4v) is 5.33. The Labute approximate surface area is 178 Å². The van der Waals surface area contributed by atoms with Crippen molar-refractivity contribution in [1.82, 2.24) is 14.8 Å². The number of hydrogen-bond acceptors (Lipinski definition) is 5. The van der Waals surface area contributed by atoms with Gasteiger partial charge < -0.3 is 10.2 Å². The van der Waals surface area contributed by atoms with Crippen LogP contribution >= 0.6 is 11.3 Å². The molecule has 3 heterocycles. The first-order valence-electron chi connectivity index (χ1n) is 10.4. The van der Waals surface area contributed by atoms with Gasteiger partial charge in [0.15, 0.2) is 5.13 Å². The highest BCUT2D eigenvalue weighted by molar-refractivity contribution is 7.13. The molecule has 2 aromatic carbocycles. The van der Waals surface area contributed by atoms with Gasteiger partial charge in [-0.3, -0.25) is 0 Å². The summed E-state index contributed by atoms with van der Waals surface area (Å²) in [6, 6.07) is 14.0. The van der Waals surface area contributed by atoms with E-state index in [-0.39, 0.29) is 5.82 Å². The Kier molecular flexibility index (Phi) is 4.23. The van der Waals surface area contributed by atoms with E-state index >= 15 is 0 Å². The number of hydrogen-bond donors (Lipinski definition) is 1. The van der Waals surface area contributed by atoms with Gasteiger partial charge in [0.2, 0.25) is 0 Å². The van der Waals surface area contributed by atoms with Gasteiger partial charge in [-0.1, -0.05) is 0 Å². The van der Waals surface area contributed by atoms with Crippen molar-refractivity contribution in [2.45, 2.75) is 31.3 Å². The van der Waals surface area contributed by atoms with Crippen LogP contribution in [-0.4, -0.2) is 33.4 Å². The van der Waals surface area contributed by atoms with Crippen molar-refractivity contribution in [1.29, 1.82) is 0 Å². The van der Waals surface area contributed by atoms with Crippen molar-refractivity contribution in [2.75, 3.05) is 16.8 Å². The van der Waals surface area contributed by atoms with E-state index in [1.807, 2.05) is 22.5 Å². The summed E-state index contributed by atoms with van der Waals surface area (Å²) in [5.41, 5.74) is 3.15. The van der Waals surface area contributed by atoms with E-state index < -0.39 is 0 Å². The lowest BCUT2D eigenvalue weighted by molar-refractivity contribution is 0.548. The van der Waals surface area contributed by atoms with Gasteiger partial charge in [0.25, 0.3) is 0 Å². The average molecular weight is 420 g/mol. The van der Waals surface area contributed by atoms with Gasteiger partial charge in [-0.05, 0) is 67.6 Å². The first-order valence-corrected chi connectivity index (χ1v) is 11.3. The maximum absolute atomic E-state index is 13.3. The van der Waals surface area contributed by atoms with Crippen molar-refractivity contribution >= 4 is 33.1 Å². The molecule has 152 valence electrons. The zero-order valence-corrected chi connectivity index (χ0v) is 17.2. The summed E-state index contributed by atoms with van der Waals surface area (Å²) in [5.74, 6) is 0.515. The lowest BCUT2D eigenvalue weighted by atomic mass is 10.0. The van der Waals surface area contributed by atoms with Crippen LogP contribution in [0.5, 0.6) is 0 Å². The summed E-state index contributed by atoms with van der Waals surface area (Å²) in [7, 11) is 0. The molecule has 2 atom stereocenters. The van der Waals surface area contributed by atoms with E-state index in [9.17, 15) is 4.39 Å². The van der Waals surface area contributed by atoms with E-state index in [0.29, 0.717) is 12.1 Å². The second-order valence-electron chi connectivity index (χ2n) is 8.17. The third kappa shape index (κ3) is 3.13. The first kappa shape index (κ1) is 17.9. The zero-order valence-electron chi connectivity index (χ0n) is 16.4. The fourth-order valence-electron chi connectivity index (χ4n) is 4.74. The summed E-state index contributed by atoms with van der Waals surface area (Å²) in [4.78, 5) is 6.99. The highest BCUT2D eigenvalue weighted by Gasteiger charge is 2.44. The van der Waals surface area contributed by atoms with Crippen LogP contribution in [0.15, 0.2) is 60.2 Å². The molecule has 1 saturated heterocycles. The standard InChI is InChI=1S/C23H22FN5S/c24-17-3-5-18(6-4-17)29-21-8-7-19(13-16(21)14-26-29)28-11-9-20(22(28)15-1-2-15)27-23-25-10-12-30-23/h3-8,10,12-15,20,22H,1-2,9,11H2,(H,25,27)/t20-,22?/m0/s1. The second-order valence-corrected chi connectivity index (χ2v) is 9.07. The van der Waals surface area contributed by atoms with Gasteiger partial charge in [-0.15, -0.1) is 11.3 Å². The number of thiazole rings is 1. The maximum atomic E-state index is 13.3. The predicted octanol–water partition coefficient (Wildman–Crippen LogP) is 5.09. The highest BCUT2D eigenvalue weighted by atomic mass is 32.1. The maximum Gasteiger partial charge on any atom is 0.182 e. The predicted molar refractivity (Wildman–Crippen MR) is 119 cm³/mol. The van der Waals surface area contributed by atoms with Crippen molar-refractivity contribution < 1.29 is 4.39 Å². The summed E-state index contributed by atoms with van der Waals surface area (Å²) < 4.78 is 15.2. The van der Waals surface area contributed by atoms with Crippen LogP contribution in [-0.2, 0) is 0 Å². The molecule has 0 radical (unpaired) electrons. The smallest absolute Gasteiger partial charge is 0.182 e. The molecule has 1 saturated carbocycles. The number of benzene rings is 2. The Hall–Kier alpha value is -2.93. The van der Waals surface area contributed by atoms with Gasteiger partial charge >= 0.3 is 0 Å². The van der Waals surface area contributed by atoms with Gasteiger partial charge in [0.1, 0.15) is 5.82 Å². The molecule has 6 rings (SSSR count). The van der Waals surface area contributed by atoms with Crippen LogP contribution in [0.4, 0.5) is 15.2 Å². The Morgan fingerprint density at radius 3 is 2.63 bits per heavy atom. The van der Waals surface area contributed by atoms with E-state index in [4.69, 9.17) is 0 Å². The normalized spacial score (nSPS) is 21.4. The molecule has 2 aliphatic rings. The largest absolute Gasteiger partial charge is 0.366 e. The number of halogens is 1. The lowest BCUT2D eigenvalue weighted by Gasteiger charge is -2.30. The molecular formula is C23H22FN5S. The molecule has 30 heavy (non-hydrogen) atoms. The van der Waals surface area contributed by atoms with Gasteiger partial charge in [-0.25, -0.2) is 14.1 Å². The molecule has 2 fully saturated rings. The van der Waals surface area contributed by atoms with Gasteiger partial charge in [-0.2, -0.15) is 5.10 Å². The van der Waals surface area contributed by atoms with E-state index in [2.05, 4.69) is 38.5 Å². The van der Waals surface area contributed by atoms with Crippen molar-refractivity contribution in [2.24, 2.45) is 5.92 Å². The molecule has 5 nitrogen and oxygen atoms in total. The number of rotatable bonds is 5. The molecule has 1 aliphatic heterocycles. The quantitative estimate of drug-likeness (QED) is 0.489. The molecule has 1 N–H and O–H groups in total. The minimum Gasteiger partial charge on any atom is -0.366 e. The minimum absolute atomic E-state index is 0.237.